The van der Waals surface area contributed by atoms with Crippen molar-refractivity contribution in [2.75, 3.05) is 0 Å². The Balaban J connectivity index is 1.93. The molecule has 43 heavy (non-hydrogen) atoms. The van der Waals surface area contributed by atoms with Crippen LogP contribution in [-0.4, -0.2) is 51.1 Å². The summed E-state index contributed by atoms with van der Waals surface area (Å²) in [6.45, 7) is 11.2. The summed E-state index contributed by atoms with van der Waals surface area (Å²) in [6.07, 6.45) is -3.71. The lowest BCUT2D eigenvalue weighted by atomic mass is 9.55. The summed E-state index contributed by atoms with van der Waals surface area (Å²) in [5.74, 6) is 0.0882. The Labute approximate surface area is 250 Å². The number of hydrogen-bond acceptors (Lipinski definition) is 3. The van der Waals surface area contributed by atoms with Crippen LogP contribution in [0.4, 0.5) is 30.7 Å². The summed E-state index contributed by atoms with van der Waals surface area (Å²) in [6, 6.07) is 0. The molecule has 0 radical (unpaired) electrons. The van der Waals surface area contributed by atoms with Crippen LogP contribution >= 0.6 is 0 Å². The summed E-state index contributed by atoms with van der Waals surface area (Å²) in [5, 5.41) is 30.0. The Hall–Kier alpha value is -1.65. The summed E-state index contributed by atoms with van der Waals surface area (Å²) in [5.41, 5.74) is -4.69. The molecule has 3 fully saturated rings. The number of aliphatic hydroxyl groups is 3. The molecular weight excluding hydrogens is 577 g/mol. The van der Waals surface area contributed by atoms with Crippen molar-refractivity contribution in [1.29, 1.82) is 0 Å². The van der Waals surface area contributed by atoms with Gasteiger partial charge < -0.3 is 15.3 Å². The van der Waals surface area contributed by atoms with Crippen molar-refractivity contribution in [2.24, 2.45) is 22.7 Å². The van der Waals surface area contributed by atoms with Crippen LogP contribution in [-0.2, 0) is 0 Å². The number of alkyl halides is 7. The molecule has 0 aliphatic heterocycles. The van der Waals surface area contributed by atoms with Gasteiger partial charge in [0.15, 0.2) is 0 Å². The number of rotatable bonds is 9. The quantitative estimate of drug-likeness (QED) is 0.177. The molecule has 0 aromatic heterocycles. The van der Waals surface area contributed by atoms with Gasteiger partial charge in [0.05, 0.1) is 11.7 Å². The number of aliphatic hydroxyl groups excluding tert-OH is 1. The van der Waals surface area contributed by atoms with Crippen LogP contribution in [0.1, 0.15) is 98.3 Å². The lowest BCUT2D eigenvalue weighted by Gasteiger charge is -2.49. The maximum absolute atomic E-state index is 14.3. The number of halogens is 7. The summed E-state index contributed by atoms with van der Waals surface area (Å²) in [7, 11) is 0. The molecule has 3 N–H and O–H groups in total. The van der Waals surface area contributed by atoms with Crippen LogP contribution in [0.15, 0.2) is 47.6 Å². The van der Waals surface area contributed by atoms with E-state index in [-0.39, 0.29) is 36.2 Å². The average Bonchev–Trinajstić information content (AvgIpc) is 3.21. The molecule has 3 aliphatic carbocycles. The molecule has 0 heterocycles. The van der Waals surface area contributed by atoms with Crippen molar-refractivity contribution < 1.29 is 46.1 Å². The minimum Gasteiger partial charge on any atom is -0.393 e. The first kappa shape index (κ1) is 35.8. The molecule has 3 saturated carbocycles. The highest BCUT2D eigenvalue weighted by Crippen LogP contribution is 2.64. The van der Waals surface area contributed by atoms with Crippen molar-refractivity contribution in [1.82, 2.24) is 0 Å². The zero-order chi connectivity index (χ0) is 32.6. The molecule has 3 aliphatic rings. The zero-order valence-electron chi connectivity index (χ0n) is 25.6. The predicted octanol–water partition coefficient (Wildman–Crippen LogP) is 8.85. The molecule has 0 aromatic rings. The smallest absolute Gasteiger partial charge is 0.393 e. The van der Waals surface area contributed by atoms with Gasteiger partial charge in [-0.1, -0.05) is 50.6 Å². The second-order valence-electron chi connectivity index (χ2n) is 14.3. The van der Waals surface area contributed by atoms with Crippen LogP contribution in [0.25, 0.3) is 0 Å². The maximum Gasteiger partial charge on any atom is 0.429 e. The topological polar surface area (TPSA) is 60.7 Å². The highest BCUT2D eigenvalue weighted by atomic mass is 19.4. The summed E-state index contributed by atoms with van der Waals surface area (Å²) in [4.78, 5) is 0. The largest absolute Gasteiger partial charge is 0.429 e. The van der Waals surface area contributed by atoms with E-state index in [4.69, 9.17) is 0 Å². The number of hydrogen-bond donors (Lipinski definition) is 3. The molecule has 0 spiro atoms. The molecule has 3 rings (SSSR count). The molecule has 3 nitrogen and oxygen atoms in total. The fourth-order valence-electron chi connectivity index (χ4n) is 8.01. The Morgan fingerprint density at radius 2 is 1.60 bits per heavy atom. The molecule has 246 valence electrons. The highest BCUT2D eigenvalue weighted by molar-refractivity contribution is 5.39. The van der Waals surface area contributed by atoms with Gasteiger partial charge in [0, 0.05) is 6.42 Å². The fraction of sp³-hybridized carbons (Fsp3) is 0.758. The van der Waals surface area contributed by atoms with E-state index in [0.29, 0.717) is 36.8 Å². The first-order chi connectivity index (χ1) is 19.5. The van der Waals surface area contributed by atoms with Gasteiger partial charge in [0.1, 0.15) is 6.17 Å². The SMILES string of the molecule is C=C1/C(=C\C=C2/CCC[C@@]3(C)C2CC[C@@H]3[C@](C)(C/C=C\C(O)(C(F)(F)F)C(F)(F)F)CCCC(C)(C)O)C[C@@H](O)C[C@@H]1F. The Bertz CT molecular complexity index is 1080. The van der Waals surface area contributed by atoms with E-state index >= 15 is 0 Å². The van der Waals surface area contributed by atoms with Crippen LogP contribution in [0.3, 0.4) is 0 Å². The van der Waals surface area contributed by atoms with Crippen molar-refractivity contribution >= 4 is 0 Å². The van der Waals surface area contributed by atoms with Gasteiger partial charge >= 0.3 is 12.4 Å². The van der Waals surface area contributed by atoms with Crippen molar-refractivity contribution in [2.45, 2.75) is 134 Å². The zero-order valence-corrected chi connectivity index (χ0v) is 25.6. The summed E-state index contributed by atoms with van der Waals surface area (Å²) >= 11 is 0. The van der Waals surface area contributed by atoms with Gasteiger partial charge in [-0.05, 0) is 112 Å². The van der Waals surface area contributed by atoms with Crippen molar-refractivity contribution in [3.63, 3.8) is 0 Å². The predicted molar refractivity (Wildman–Crippen MR) is 153 cm³/mol. The van der Waals surface area contributed by atoms with E-state index < -0.39 is 41.2 Å². The van der Waals surface area contributed by atoms with Crippen LogP contribution in [0.5, 0.6) is 0 Å². The fourth-order valence-corrected chi connectivity index (χ4v) is 8.01. The van der Waals surface area contributed by atoms with Crippen molar-refractivity contribution in [3.05, 3.63) is 47.6 Å². The number of allylic oxidation sites excluding steroid dienone is 5. The third kappa shape index (κ3) is 7.78. The van der Waals surface area contributed by atoms with Crippen LogP contribution in [0, 0.1) is 22.7 Å². The third-order valence-electron chi connectivity index (χ3n) is 10.4. The minimum atomic E-state index is -5.93. The van der Waals surface area contributed by atoms with E-state index in [1.807, 2.05) is 19.1 Å². The molecule has 0 amide bonds. The van der Waals surface area contributed by atoms with E-state index in [0.717, 1.165) is 38.2 Å². The van der Waals surface area contributed by atoms with Gasteiger partial charge in [-0.25, -0.2) is 4.39 Å². The standard InChI is InChI=1S/C33H47F7O3/c1-21-23(19-24(41)20-26(21)34)11-10-22-9-6-17-30(5)25(22)12-13-27(30)29(4,15-7-14-28(2,3)42)16-8-18-31(43,32(35,36)37)33(38,39)40/h8,10-11,18,24-27,41-43H,1,6-7,9,12-17,19-20H2,2-5H3/b18-8-,22-10+,23-11-/t24-,25?,26+,27-,29+,30+/m1/s1. The van der Waals surface area contributed by atoms with E-state index in [9.17, 15) is 46.1 Å². The third-order valence-corrected chi connectivity index (χ3v) is 10.4. The van der Waals surface area contributed by atoms with Crippen LogP contribution in [0.2, 0.25) is 0 Å². The highest BCUT2D eigenvalue weighted by Gasteiger charge is 2.69. The molecular formula is C33H47F7O3. The maximum atomic E-state index is 14.3. The van der Waals surface area contributed by atoms with Gasteiger partial charge in [-0.15, -0.1) is 0 Å². The summed E-state index contributed by atoms with van der Waals surface area (Å²) < 4.78 is 94.4. The second-order valence-corrected chi connectivity index (χ2v) is 14.3. The minimum absolute atomic E-state index is 0.0267. The normalized spacial score (nSPS) is 32.9. The van der Waals surface area contributed by atoms with E-state index in [1.54, 1.807) is 13.8 Å². The van der Waals surface area contributed by atoms with Crippen LogP contribution < -0.4 is 0 Å². The Kier molecular flexibility index (Phi) is 10.5. The first-order valence-electron chi connectivity index (χ1n) is 15.2. The lowest BCUT2D eigenvalue weighted by Crippen LogP contribution is -2.55. The van der Waals surface area contributed by atoms with E-state index in [1.165, 1.54) is 5.57 Å². The van der Waals surface area contributed by atoms with Gasteiger partial charge in [-0.3, -0.25) is 0 Å². The van der Waals surface area contributed by atoms with Gasteiger partial charge in [0.2, 0.25) is 0 Å². The van der Waals surface area contributed by atoms with E-state index in [2.05, 4.69) is 13.5 Å². The monoisotopic (exact) mass is 624 g/mol. The lowest BCUT2D eigenvalue weighted by molar-refractivity contribution is -0.347. The molecule has 10 heteroatoms. The Morgan fingerprint density at radius 3 is 2.19 bits per heavy atom. The molecule has 6 atom stereocenters. The second kappa shape index (κ2) is 12.6. The van der Waals surface area contributed by atoms with Gasteiger partial charge in [-0.2, -0.15) is 26.3 Å². The first-order valence-corrected chi connectivity index (χ1v) is 15.2. The van der Waals surface area contributed by atoms with Gasteiger partial charge in [0.25, 0.3) is 5.60 Å². The molecule has 0 saturated heterocycles. The average molecular weight is 625 g/mol. The molecule has 0 aromatic carbocycles. The molecule has 1 unspecified atom stereocenters. The van der Waals surface area contributed by atoms with Crippen molar-refractivity contribution in [3.8, 4) is 0 Å². The number of fused-ring (bicyclic) bond motifs is 1. The molecule has 0 bridgehead atoms. The Morgan fingerprint density at radius 1 is 0.977 bits per heavy atom.